The molecule has 0 heterocycles. The van der Waals surface area contributed by atoms with Gasteiger partial charge in [0, 0.05) is 5.56 Å². The summed E-state index contributed by atoms with van der Waals surface area (Å²) in [5.74, 6) is -1.54. The van der Waals surface area contributed by atoms with Crippen molar-refractivity contribution in [2.24, 2.45) is 0 Å². The van der Waals surface area contributed by atoms with E-state index in [0.717, 1.165) is 16.7 Å². The van der Waals surface area contributed by atoms with Crippen LogP contribution in [-0.4, -0.2) is 7.05 Å². The number of benzene rings is 2. The number of aryl methyl sites for hydroxylation is 3. The average molecular weight is 275 g/mol. The van der Waals surface area contributed by atoms with Crippen molar-refractivity contribution in [3.05, 3.63) is 69.8 Å². The van der Waals surface area contributed by atoms with Crippen molar-refractivity contribution in [2.75, 3.05) is 7.05 Å². The molecule has 0 radical (unpaired) electrons. The fraction of sp³-hybridized carbons (Fsp3) is 0.294. The van der Waals surface area contributed by atoms with Crippen LogP contribution in [0.15, 0.2) is 30.3 Å². The highest BCUT2D eigenvalue weighted by Gasteiger charge is 2.22. The second-order valence-corrected chi connectivity index (χ2v) is 5.13. The molecule has 20 heavy (non-hydrogen) atoms. The highest BCUT2D eigenvalue weighted by molar-refractivity contribution is 5.43. The van der Waals surface area contributed by atoms with Crippen LogP contribution in [0.25, 0.3) is 0 Å². The zero-order chi connectivity index (χ0) is 14.9. The van der Waals surface area contributed by atoms with Crippen LogP contribution in [-0.2, 0) is 0 Å². The monoisotopic (exact) mass is 275 g/mol. The normalized spacial score (nSPS) is 12.5. The van der Waals surface area contributed by atoms with Gasteiger partial charge in [-0.25, -0.2) is 8.78 Å². The predicted molar refractivity (Wildman–Crippen MR) is 77.9 cm³/mol. The first kappa shape index (κ1) is 14.7. The highest BCUT2D eigenvalue weighted by Crippen LogP contribution is 2.30. The minimum Gasteiger partial charge on any atom is -0.309 e. The largest absolute Gasteiger partial charge is 0.309 e. The van der Waals surface area contributed by atoms with E-state index in [9.17, 15) is 8.78 Å². The molecule has 0 amide bonds. The maximum absolute atomic E-state index is 14.2. The standard InChI is InChI=1S/C17H19F2N/c1-10-6-5-7-11(2)14(10)17(20-4)13-9-8-12(3)15(18)16(13)19/h5-9,17,20H,1-4H3. The maximum atomic E-state index is 14.2. The Balaban J connectivity index is 2.62. The summed E-state index contributed by atoms with van der Waals surface area (Å²) >= 11 is 0. The minimum absolute atomic E-state index is 0.322. The Bertz CT molecular complexity index is 615. The molecule has 0 aromatic heterocycles. The van der Waals surface area contributed by atoms with E-state index in [1.807, 2.05) is 32.0 Å². The number of halogens is 2. The molecule has 0 aliphatic rings. The van der Waals surface area contributed by atoms with E-state index in [4.69, 9.17) is 0 Å². The molecule has 3 heteroatoms. The topological polar surface area (TPSA) is 12.0 Å². The van der Waals surface area contributed by atoms with E-state index in [1.165, 1.54) is 0 Å². The summed E-state index contributed by atoms with van der Waals surface area (Å²) in [6.07, 6.45) is 0. The van der Waals surface area contributed by atoms with Crippen LogP contribution in [0.5, 0.6) is 0 Å². The van der Waals surface area contributed by atoms with Crippen LogP contribution in [0.4, 0.5) is 8.78 Å². The van der Waals surface area contributed by atoms with E-state index in [-0.39, 0.29) is 6.04 Å². The van der Waals surface area contributed by atoms with Gasteiger partial charge < -0.3 is 5.32 Å². The van der Waals surface area contributed by atoms with Gasteiger partial charge in [0.1, 0.15) is 0 Å². The van der Waals surface area contributed by atoms with Crippen LogP contribution in [0.1, 0.15) is 33.9 Å². The van der Waals surface area contributed by atoms with E-state index in [1.54, 1.807) is 26.1 Å². The third-order valence-corrected chi connectivity index (χ3v) is 3.74. The molecule has 106 valence electrons. The highest BCUT2D eigenvalue weighted by atomic mass is 19.2. The van der Waals surface area contributed by atoms with Gasteiger partial charge in [0.05, 0.1) is 6.04 Å². The molecule has 1 atom stereocenters. The summed E-state index contributed by atoms with van der Waals surface area (Å²) in [6.45, 7) is 5.53. The van der Waals surface area contributed by atoms with E-state index in [2.05, 4.69) is 5.32 Å². The van der Waals surface area contributed by atoms with Gasteiger partial charge in [-0.15, -0.1) is 0 Å². The molecule has 2 aromatic rings. The molecule has 0 saturated heterocycles. The van der Waals surface area contributed by atoms with Crippen molar-refractivity contribution >= 4 is 0 Å². The lowest BCUT2D eigenvalue weighted by molar-refractivity contribution is 0.482. The third kappa shape index (κ3) is 2.46. The molecule has 1 N–H and O–H groups in total. The number of nitrogens with one attached hydrogen (secondary N) is 1. The summed E-state index contributed by atoms with van der Waals surface area (Å²) in [6, 6.07) is 8.84. The summed E-state index contributed by atoms with van der Waals surface area (Å²) in [4.78, 5) is 0. The average Bonchev–Trinajstić information content (AvgIpc) is 2.42. The van der Waals surface area contributed by atoms with Gasteiger partial charge in [-0.05, 0) is 50.1 Å². The molecular weight excluding hydrogens is 256 g/mol. The molecule has 2 aromatic carbocycles. The smallest absolute Gasteiger partial charge is 0.164 e. The van der Waals surface area contributed by atoms with Crippen molar-refractivity contribution in [2.45, 2.75) is 26.8 Å². The van der Waals surface area contributed by atoms with Crippen LogP contribution in [0, 0.1) is 32.4 Å². The number of hydrogen-bond acceptors (Lipinski definition) is 1. The van der Waals surface area contributed by atoms with Crippen LogP contribution < -0.4 is 5.32 Å². The van der Waals surface area contributed by atoms with E-state index >= 15 is 0 Å². The van der Waals surface area contributed by atoms with Gasteiger partial charge >= 0.3 is 0 Å². The summed E-state index contributed by atoms with van der Waals surface area (Å²) in [7, 11) is 1.76. The quantitative estimate of drug-likeness (QED) is 0.885. The second-order valence-electron chi connectivity index (χ2n) is 5.13. The van der Waals surface area contributed by atoms with Gasteiger partial charge in [-0.1, -0.05) is 30.3 Å². The summed E-state index contributed by atoms with van der Waals surface area (Å²) < 4.78 is 28.0. The first-order chi connectivity index (χ1) is 9.47. The Morgan fingerprint density at radius 2 is 1.45 bits per heavy atom. The predicted octanol–water partition coefficient (Wildman–Crippen LogP) is 4.20. The second kappa shape index (κ2) is 5.71. The minimum atomic E-state index is -0.771. The maximum Gasteiger partial charge on any atom is 0.164 e. The van der Waals surface area contributed by atoms with Crippen LogP contribution >= 0.6 is 0 Å². The number of rotatable bonds is 3. The van der Waals surface area contributed by atoms with Gasteiger partial charge in [-0.2, -0.15) is 0 Å². The fourth-order valence-electron chi connectivity index (χ4n) is 2.62. The summed E-state index contributed by atoms with van der Waals surface area (Å²) in [5.41, 5.74) is 3.78. The van der Waals surface area contributed by atoms with Crippen molar-refractivity contribution in [1.29, 1.82) is 0 Å². The summed E-state index contributed by atoms with van der Waals surface area (Å²) in [5, 5.41) is 3.10. The molecule has 0 spiro atoms. The first-order valence-corrected chi connectivity index (χ1v) is 6.65. The van der Waals surface area contributed by atoms with E-state index in [0.29, 0.717) is 11.1 Å². The van der Waals surface area contributed by atoms with Crippen molar-refractivity contribution in [3.63, 3.8) is 0 Å². The lowest BCUT2D eigenvalue weighted by atomic mass is 9.90. The molecule has 0 aliphatic carbocycles. The molecule has 1 nitrogen and oxygen atoms in total. The molecule has 1 unspecified atom stereocenters. The van der Waals surface area contributed by atoms with Crippen LogP contribution in [0.2, 0.25) is 0 Å². The van der Waals surface area contributed by atoms with Gasteiger partial charge in [0.15, 0.2) is 11.6 Å². The SMILES string of the molecule is CNC(c1ccc(C)c(F)c1F)c1c(C)cccc1C. The number of hydrogen-bond donors (Lipinski definition) is 1. The van der Waals surface area contributed by atoms with Gasteiger partial charge in [-0.3, -0.25) is 0 Å². The van der Waals surface area contributed by atoms with Crippen molar-refractivity contribution < 1.29 is 8.78 Å². The van der Waals surface area contributed by atoms with Crippen molar-refractivity contribution in [1.82, 2.24) is 5.32 Å². The Hall–Kier alpha value is -1.74. The fourth-order valence-corrected chi connectivity index (χ4v) is 2.62. The van der Waals surface area contributed by atoms with Crippen LogP contribution in [0.3, 0.4) is 0 Å². The van der Waals surface area contributed by atoms with Gasteiger partial charge in [0.25, 0.3) is 0 Å². The van der Waals surface area contributed by atoms with Gasteiger partial charge in [0.2, 0.25) is 0 Å². The Kier molecular flexibility index (Phi) is 4.19. The molecule has 2 rings (SSSR count). The Labute approximate surface area is 118 Å². The lowest BCUT2D eigenvalue weighted by Crippen LogP contribution is -2.21. The van der Waals surface area contributed by atoms with E-state index < -0.39 is 11.6 Å². The molecule has 0 fully saturated rings. The molecule has 0 bridgehead atoms. The first-order valence-electron chi connectivity index (χ1n) is 6.65. The lowest BCUT2D eigenvalue weighted by Gasteiger charge is -2.22. The Morgan fingerprint density at radius 3 is 2.00 bits per heavy atom. The molecular formula is C17H19F2N. The molecule has 0 aliphatic heterocycles. The molecule has 0 saturated carbocycles. The van der Waals surface area contributed by atoms with Crippen molar-refractivity contribution in [3.8, 4) is 0 Å². The third-order valence-electron chi connectivity index (χ3n) is 3.74. The zero-order valence-corrected chi connectivity index (χ0v) is 12.2. The zero-order valence-electron chi connectivity index (χ0n) is 12.2. The Morgan fingerprint density at radius 1 is 0.850 bits per heavy atom.